The fourth-order valence-corrected chi connectivity index (χ4v) is 7.62. The van der Waals surface area contributed by atoms with Crippen LogP contribution in [0.3, 0.4) is 0 Å². The Bertz CT molecular complexity index is 3020. The first kappa shape index (κ1) is 49.2. The van der Waals surface area contributed by atoms with E-state index in [-0.39, 0.29) is 133 Å². The largest absolute Gasteiger partial charge is 1.00 e. The molecule has 0 aliphatic carbocycles. The Kier molecular flexibility index (Phi) is 16.2. The molecule has 0 spiro atoms. The zero-order chi connectivity index (χ0) is 40.0. The Morgan fingerprint density at radius 1 is 0.655 bits per heavy atom. The topological polar surface area (TPSA) is 294 Å². The molecular formula is C35H26N6Na3O11S3+. The van der Waals surface area contributed by atoms with Crippen LogP contribution in [-0.4, -0.2) is 49.9 Å². The summed E-state index contributed by atoms with van der Waals surface area (Å²) in [6.07, 6.45) is 0. The maximum Gasteiger partial charge on any atom is 1.00 e. The molecule has 1 amide bonds. The number of aryl methyl sites for hydroxylation is 2. The molecule has 0 unspecified atom stereocenters. The average Bonchev–Trinajstić information content (AvgIpc) is 3.10. The van der Waals surface area contributed by atoms with Gasteiger partial charge in [-0.2, -0.15) is 23.8 Å². The number of carbonyl (C=O) groups is 1. The van der Waals surface area contributed by atoms with Gasteiger partial charge in [0.2, 0.25) is 0 Å². The SMILES string of the molecule is Cc1cc(C(=O)Nc2ccc3c(O)c(N=Nc4ccc(N=Nc5cc(S(=O)(=O)[O-])c6cccc(S(=O)(=O)O)c6c5)c(C)c4)c(S(=O)(=O)[O-])cc3c2)ccc1N.[Na+].[Na+].[Na+]. The predicted octanol–water partition coefficient (Wildman–Crippen LogP) is -1.95. The molecule has 0 fully saturated rings. The summed E-state index contributed by atoms with van der Waals surface area (Å²) in [5.41, 5.74) is 7.41. The van der Waals surface area contributed by atoms with Gasteiger partial charge in [0.1, 0.15) is 30.8 Å². The van der Waals surface area contributed by atoms with Gasteiger partial charge in [0.05, 0.1) is 26.9 Å². The van der Waals surface area contributed by atoms with Gasteiger partial charge < -0.3 is 25.3 Å². The smallest absolute Gasteiger partial charge is 0.744 e. The third-order valence-corrected chi connectivity index (χ3v) is 10.9. The van der Waals surface area contributed by atoms with Gasteiger partial charge in [-0.1, -0.05) is 12.1 Å². The molecule has 0 aromatic heterocycles. The number of hydrogen-bond acceptors (Lipinski definition) is 15. The third kappa shape index (κ3) is 11.0. The maximum absolute atomic E-state index is 12.8. The quantitative estimate of drug-likeness (QED) is 0.0534. The fraction of sp³-hybridized carbons (Fsp3) is 0.0571. The molecule has 0 aliphatic rings. The second kappa shape index (κ2) is 19.0. The molecule has 17 nitrogen and oxygen atoms in total. The van der Waals surface area contributed by atoms with Gasteiger partial charge in [0, 0.05) is 33.1 Å². The number of rotatable bonds is 9. The van der Waals surface area contributed by atoms with E-state index >= 15 is 0 Å². The average molecular weight is 872 g/mol. The molecule has 58 heavy (non-hydrogen) atoms. The van der Waals surface area contributed by atoms with Crippen molar-refractivity contribution in [1.82, 2.24) is 0 Å². The number of phenols is 1. The molecule has 0 radical (unpaired) electrons. The van der Waals surface area contributed by atoms with Crippen LogP contribution >= 0.6 is 0 Å². The van der Waals surface area contributed by atoms with E-state index in [0.29, 0.717) is 22.4 Å². The summed E-state index contributed by atoms with van der Waals surface area (Å²) in [4.78, 5) is 10.5. The van der Waals surface area contributed by atoms with Crippen molar-refractivity contribution >= 4 is 91.9 Å². The van der Waals surface area contributed by atoms with Crippen LogP contribution in [0.25, 0.3) is 21.5 Å². The number of carbonyl (C=O) groups excluding carboxylic acids is 1. The van der Waals surface area contributed by atoms with Gasteiger partial charge in [-0.05, 0) is 109 Å². The Labute approximate surface area is 398 Å². The van der Waals surface area contributed by atoms with E-state index < -0.39 is 62.4 Å². The fourth-order valence-electron chi connectivity index (χ4n) is 5.57. The number of azo groups is 2. The van der Waals surface area contributed by atoms with Crippen molar-refractivity contribution in [3.8, 4) is 5.75 Å². The molecule has 0 saturated heterocycles. The molecule has 5 N–H and O–H groups in total. The Morgan fingerprint density at radius 3 is 1.95 bits per heavy atom. The molecule has 6 aromatic rings. The number of aromatic hydroxyl groups is 1. The summed E-state index contributed by atoms with van der Waals surface area (Å²) < 4.78 is 107. The summed E-state index contributed by atoms with van der Waals surface area (Å²) in [7, 11) is -15.2. The van der Waals surface area contributed by atoms with Crippen LogP contribution in [0.15, 0.2) is 126 Å². The van der Waals surface area contributed by atoms with E-state index in [4.69, 9.17) is 5.73 Å². The van der Waals surface area contributed by atoms with Crippen LogP contribution in [0.1, 0.15) is 21.5 Å². The second-order valence-electron chi connectivity index (χ2n) is 12.1. The van der Waals surface area contributed by atoms with Gasteiger partial charge >= 0.3 is 88.7 Å². The number of anilines is 2. The van der Waals surface area contributed by atoms with Gasteiger partial charge in [0.25, 0.3) is 16.0 Å². The molecular weight excluding hydrogens is 846 g/mol. The summed E-state index contributed by atoms with van der Waals surface area (Å²) >= 11 is 0. The van der Waals surface area contributed by atoms with E-state index in [1.807, 2.05) is 0 Å². The molecule has 282 valence electrons. The number of nitrogens with two attached hydrogens (primary N) is 1. The molecule has 6 rings (SSSR count). The van der Waals surface area contributed by atoms with E-state index in [9.17, 15) is 48.8 Å². The maximum atomic E-state index is 12.8. The number of fused-ring (bicyclic) bond motifs is 2. The number of hydrogen-bond donors (Lipinski definition) is 4. The Morgan fingerprint density at radius 2 is 1.33 bits per heavy atom. The molecule has 0 bridgehead atoms. The summed E-state index contributed by atoms with van der Waals surface area (Å²) in [5.74, 6) is -1.15. The van der Waals surface area contributed by atoms with E-state index in [1.54, 1.807) is 26.0 Å². The first-order chi connectivity index (χ1) is 25.7. The number of nitrogen functional groups attached to an aromatic ring is 1. The van der Waals surface area contributed by atoms with Crippen LogP contribution in [0.5, 0.6) is 5.75 Å². The van der Waals surface area contributed by atoms with E-state index in [1.165, 1.54) is 48.5 Å². The molecule has 0 atom stereocenters. The van der Waals surface area contributed by atoms with Crippen LogP contribution in [0, 0.1) is 13.8 Å². The van der Waals surface area contributed by atoms with Crippen molar-refractivity contribution in [1.29, 1.82) is 0 Å². The van der Waals surface area contributed by atoms with Gasteiger partial charge in [-0.25, -0.2) is 16.8 Å². The van der Waals surface area contributed by atoms with Crippen LogP contribution < -0.4 is 99.7 Å². The van der Waals surface area contributed by atoms with Crippen molar-refractivity contribution in [2.75, 3.05) is 11.1 Å². The number of nitrogens with one attached hydrogen (secondary N) is 1. The zero-order valence-corrected chi connectivity index (χ0v) is 39.8. The molecule has 0 heterocycles. The first-order valence-electron chi connectivity index (χ1n) is 15.6. The van der Waals surface area contributed by atoms with Crippen molar-refractivity contribution in [3.05, 3.63) is 108 Å². The number of nitrogens with zero attached hydrogens (tertiary/aromatic N) is 4. The van der Waals surface area contributed by atoms with Crippen molar-refractivity contribution in [2.45, 2.75) is 28.5 Å². The first-order valence-corrected chi connectivity index (χ1v) is 19.8. The minimum absolute atomic E-state index is 0. The number of phenolic OH excluding ortho intramolecular Hbond substituents is 1. The van der Waals surface area contributed by atoms with Gasteiger partial charge in [-0.15, -0.1) is 5.11 Å². The standard InChI is InChI=1S/C35H28N6O11S3.3Na/c1-18-12-20(6-10-28(18)36)35(43)37-22-7-9-25-21(14-22)15-32(55(50,51)52)33(34(25)42)41-38-23-8-11-29(19(2)13-23)40-39-24-16-27-26(31(17-24)54(47,48)49)4-3-5-30(27)53(44,45)46;;;/h3-17,42H,36H2,1-2H3,(H,37,43)(H,44,45,46)(H,47,48,49)(H,50,51,52);;;/q;3*+1/p-2. The van der Waals surface area contributed by atoms with Crippen LogP contribution in [-0.2, 0) is 30.4 Å². The number of amides is 1. The van der Waals surface area contributed by atoms with E-state index in [2.05, 4.69) is 25.8 Å². The monoisotopic (exact) mass is 871 g/mol. The third-order valence-electron chi connectivity index (χ3n) is 8.28. The second-order valence-corrected chi connectivity index (χ2v) is 16.2. The van der Waals surface area contributed by atoms with Crippen molar-refractivity contribution < 1.29 is 137 Å². The van der Waals surface area contributed by atoms with Gasteiger partial charge in [0.15, 0.2) is 5.75 Å². The summed E-state index contributed by atoms with van der Waals surface area (Å²) in [6, 6.07) is 19.5. The molecule has 0 saturated carbocycles. The Balaban J connectivity index is 0.00000300. The minimum Gasteiger partial charge on any atom is -0.744 e. The summed E-state index contributed by atoms with van der Waals surface area (Å²) in [6.45, 7) is 3.31. The summed E-state index contributed by atoms with van der Waals surface area (Å²) in [5, 5.41) is 29.3. The van der Waals surface area contributed by atoms with E-state index in [0.717, 1.165) is 30.3 Å². The normalized spacial score (nSPS) is 11.9. The zero-order valence-electron chi connectivity index (χ0n) is 31.3. The van der Waals surface area contributed by atoms with Gasteiger partial charge in [-0.3, -0.25) is 9.35 Å². The molecule has 0 aliphatic heterocycles. The van der Waals surface area contributed by atoms with Crippen molar-refractivity contribution in [2.24, 2.45) is 20.5 Å². The van der Waals surface area contributed by atoms with Crippen molar-refractivity contribution in [3.63, 3.8) is 0 Å². The number of benzene rings is 6. The Hall–Kier alpha value is -3.16. The van der Waals surface area contributed by atoms with Crippen LogP contribution in [0.4, 0.5) is 34.1 Å². The van der Waals surface area contributed by atoms with Crippen LogP contribution in [0.2, 0.25) is 0 Å². The minimum atomic E-state index is -5.22. The molecule has 23 heteroatoms. The predicted molar refractivity (Wildman–Crippen MR) is 198 cm³/mol. The molecule has 6 aromatic carbocycles.